The molecule has 1 heterocycles. The molecule has 2 amide bonds. The first-order chi connectivity index (χ1) is 15.9. The second kappa shape index (κ2) is 9.76. The predicted octanol–water partition coefficient (Wildman–Crippen LogP) is 7.12. The maximum absolute atomic E-state index is 12.7. The molecule has 0 radical (unpaired) electrons. The summed E-state index contributed by atoms with van der Waals surface area (Å²) in [6, 6.07) is 24.6. The Hall–Kier alpha value is -3.83. The van der Waals surface area contributed by atoms with Crippen molar-refractivity contribution in [2.24, 2.45) is 4.99 Å². The Morgan fingerprint density at radius 2 is 1.42 bits per heavy atom. The molecular weight excluding hydrogens is 432 g/mol. The molecule has 0 saturated carbocycles. The zero-order valence-electron chi connectivity index (χ0n) is 18.6. The van der Waals surface area contributed by atoms with E-state index in [9.17, 15) is 4.79 Å². The first-order valence-corrected chi connectivity index (χ1v) is 10.9. The molecule has 0 aliphatic heterocycles. The van der Waals surface area contributed by atoms with Gasteiger partial charge in [-0.1, -0.05) is 83.4 Å². The Balaban J connectivity index is 1.69. The van der Waals surface area contributed by atoms with E-state index in [1.54, 1.807) is 19.1 Å². The monoisotopic (exact) mass is 454 g/mol. The number of carbonyl (C=O) groups excluding carboxylic acids is 1. The number of urea groups is 1. The maximum atomic E-state index is 12.7. The topological polar surface area (TPSA) is 67.2 Å². The van der Waals surface area contributed by atoms with Gasteiger partial charge in [0, 0.05) is 16.1 Å². The van der Waals surface area contributed by atoms with E-state index < -0.39 is 6.03 Å². The fourth-order valence-electron chi connectivity index (χ4n) is 3.35. The van der Waals surface area contributed by atoms with Crippen LogP contribution in [0.5, 0.6) is 0 Å². The maximum Gasteiger partial charge on any atom is 0.347 e. The van der Waals surface area contributed by atoms with Crippen LogP contribution in [-0.4, -0.2) is 21.7 Å². The number of aromatic nitrogens is 2. The van der Waals surface area contributed by atoms with E-state index in [0.29, 0.717) is 22.1 Å². The van der Waals surface area contributed by atoms with Crippen LogP contribution in [0.1, 0.15) is 23.6 Å². The molecule has 1 N–H and O–H groups in total. The molecule has 6 heteroatoms. The van der Waals surface area contributed by atoms with Crippen LogP contribution < -0.4 is 5.32 Å². The molecule has 0 bridgehead atoms. The van der Waals surface area contributed by atoms with Gasteiger partial charge in [-0.25, -0.2) is 14.8 Å². The molecule has 0 aliphatic carbocycles. The van der Waals surface area contributed by atoms with Crippen molar-refractivity contribution in [2.75, 3.05) is 5.32 Å². The van der Waals surface area contributed by atoms with Gasteiger partial charge < -0.3 is 0 Å². The number of halogens is 1. The molecule has 3 aromatic carbocycles. The van der Waals surface area contributed by atoms with Crippen LogP contribution >= 0.6 is 11.6 Å². The number of hydrogen-bond acceptors (Lipinski definition) is 3. The Morgan fingerprint density at radius 1 is 0.818 bits per heavy atom. The standard InChI is InChI=1S/C27H23ClN4O/c1-17-7-9-20(10-8-17)24-16-25(21-11-13-23(28)14-12-21)31-26(30-24)32-27(33)29-19(3)22-6-4-5-18(2)15-22/h4-16H,1-3H3,(H,30,31,32,33)/b29-19-. The SMILES string of the molecule is C/C(=N/C(=O)Nc1nc(-c2ccc(C)cc2)cc(-c2ccc(Cl)cc2)n1)c1cccc(C)c1. The van der Waals surface area contributed by atoms with Crippen molar-refractivity contribution < 1.29 is 4.79 Å². The highest BCUT2D eigenvalue weighted by atomic mass is 35.5. The van der Waals surface area contributed by atoms with Gasteiger partial charge in [-0.2, -0.15) is 4.99 Å². The number of carbonyl (C=O) groups is 1. The van der Waals surface area contributed by atoms with E-state index in [1.807, 2.05) is 80.6 Å². The summed E-state index contributed by atoms with van der Waals surface area (Å²) in [4.78, 5) is 26.0. The zero-order chi connectivity index (χ0) is 23.4. The minimum absolute atomic E-state index is 0.184. The molecule has 0 aliphatic rings. The Morgan fingerprint density at radius 3 is 2.03 bits per heavy atom. The van der Waals surface area contributed by atoms with Gasteiger partial charge in [0.05, 0.1) is 17.1 Å². The van der Waals surface area contributed by atoms with Crippen LogP contribution in [-0.2, 0) is 0 Å². The van der Waals surface area contributed by atoms with Gasteiger partial charge in [-0.15, -0.1) is 0 Å². The number of aliphatic imine (C=N–C) groups is 1. The average molecular weight is 455 g/mol. The molecule has 0 saturated heterocycles. The van der Waals surface area contributed by atoms with E-state index in [4.69, 9.17) is 11.6 Å². The van der Waals surface area contributed by atoms with Gasteiger partial charge >= 0.3 is 6.03 Å². The first kappa shape index (κ1) is 22.4. The van der Waals surface area contributed by atoms with Gasteiger partial charge in [0.25, 0.3) is 0 Å². The van der Waals surface area contributed by atoms with Crippen molar-refractivity contribution in [3.63, 3.8) is 0 Å². The van der Waals surface area contributed by atoms with E-state index >= 15 is 0 Å². The summed E-state index contributed by atoms with van der Waals surface area (Å²) in [6.07, 6.45) is 0. The predicted molar refractivity (Wildman–Crippen MR) is 135 cm³/mol. The molecule has 0 spiro atoms. The molecule has 0 unspecified atom stereocenters. The summed E-state index contributed by atoms with van der Waals surface area (Å²) >= 11 is 6.05. The summed E-state index contributed by atoms with van der Waals surface area (Å²) in [5.41, 5.74) is 6.92. The third-order valence-electron chi connectivity index (χ3n) is 5.14. The van der Waals surface area contributed by atoms with Crippen LogP contribution in [0.4, 0.5) is 10.7 Å². The first-order valence-electron chi connectivity index (χ1n) is 10.5. The summed E-state index contributed by atoms with van der Waals surface area (Å²) in [7, 11) is 0. The highest BCUT2D eigenvalue weighted by Crippen LogP contribution is 2.26. The lowest BCUT2D eigenvalue weighted by Crippen LogP contribution is -2.13. The fourth-order valence-corrected chi connectivity index (χ4v) is 3.48. The van der Waals surface area contributed by atoms with Gasteiger partial charge in [0.2, 0.25) is 5.95 Å². The summed E-state index contributed by atoms with van der Waals surface area (Å²) in [5.74, 6) is 0.184. The number of benzene rings is 3. The molecule has 164 valence electrons. The summed E-state index contributed by atoms with van der Waals surface area (Å²) in [5, 5.41) is 3.37. The van der Waals surface area contributed by atoms with Crippen LogP contribution in [0.2, 0.25) is 5.02 Å². The number of rotatable bonds is 4. The lowest BCUT2D eigenvalue weighted by Gasteiger charge is -2.10. The third-order valence-corrected chi connectivity index (χ3v) is 5.39. The highest BCUT2D eigenvalue weighted by molar-refractivity contribution is 6.30. The lowest BCUT2D eigenvalue weighted by atomic mass is 10.1. The van der Waals surface area contributed by atoms with Gasteiger partial charge in [-0.05, 0) is 44.5 Å². The Kier molecular flexibility index (Phi) is 6.61. The van der Waals surface area contributed by atoms with Crippen LogP contribution in [0.15, 0.2) is 83.9 Å². The third kappa shape index (κ3) is 5.70. The molecule has 4 aromatic rings. The van der Waals surface area contributed by atoms with Gasteiger partial charge in [-0.3, -0.25) is 5.32 Å². The van der Waals surface area contributed by atoms with Crippen molar-refractivity contribution in [1.82, 2.24) is 9.97 Å². The molecule has 0 fully saturated rings. The molecule has 0 atom stereocenters. The average Bonchev–Trinajstić information content (AvgIpc) is 2.79. The molecule has 33 heavy (non-hydrogen) atoms. The summed E-state index contributed by atoms with van der Waals surface area (Å²) < 4.78 is 0. The van der Waals surface area contributed by atoms with E-state index in [0.717, 1.165) is 27.8 Å². The normalized spacial score (nSPS) is 11.3. The van der Waals surface area contributed by atoms with Crippen molar-refractivity contribution in [2.45, 2.75) is 20.8 Å². The van der Waals surface area contributed by atoms with E-state index in [-0.39, 0.29) is 5.95 Å². The molecule has 1 aromatic heterocycles. The Bertz CT molecular complexity index is 1270. The van der Waals surface area contributed by atoms with Gasteiger partial charge in [0.15, 0.2) is 0 Å². The van der Waals surface area contributed by atoms with Crippen molar-refractivity contribution >= 4 is 29.3 Å². The van der Waals surface area contributed by atoms with E-state index in [1.165, 1.54) is 0 Å². The summed E-state index contributed by atoms with van der Waals surface area (Å²) in [6.45, 7) is 5.83. The second-order valence-electron chi connectivity index (χ2n) is 7.83. The highest BCUT2D eigenvalue weighted by Gasteiger charge is 2.12. The number of hydrogen-bond donors (Lipinski definition) is 1. The van der Waals surface area contributed by atoms with Crippen LogP contribution in [0.25, 0.3) is 22.5 Å². The lowest BCUT2D eigenvalue weighted by molar-refractivity contribution is 0.259. The molecule has 4 rings (SSSR count). The second-order valence-corrected chi connectivity index (χ2v) is 8.27. The fraction of sp³-hybridized carbons (Fsp3) is 0.111. The van der Waals surface area contributed by atoms with E-state index in [2.05, 4.69) is 20.3 Å². The number of amides is 2. The number of nitrogens with zero attached hydrogens (tertiary/aromatic N) is 3. The van der Waals surface area contributed by atoms with Crippen LogP contribution in [0.3, 0.4) is 0 Å². The number of anilines is 1. The number of aryl methyl sites for hydroxylation is 2. The van der Waals surface area contributed by atoms with Crippen LogP contribution in [0, 0.1) is 13.8 Å². The zero-order valence-corrected chi connectivity index (χ0v) is 19.4. The number of nitrogens with one attached hydrogen (secondary N) is 1. The van der Waals surface area contributed by atoms with Crippen molar-refractivity contribution in [3.05, 3.63) is 101 Å². The quantitative estimate of drug-likeness (QED) is 0.334. The van der Waals surface area contributed by atoms with Crippen molar-refractivity contribution in [3.8, 4) is 22.5 Å². The van der Waals surface area contributed by atoms with Crippen molar-refractivity contribution in [1.29, 1.82) is 0 Å². The minimum Gasteiger partial charge on any atom is -0.274 e. The Labute approximate surface area is 198 Å². The smallest absolute Gasteiger partial charge is 0.274 e. The molecular formula is C27H23ClN4O. The largest absolute Gasteiger partial charge is 0.347 e. The van der Waals surface area contributed by atoms with Gasteiger partial charge in [0.1, 0.15) is 0 Å². The minimum atomic E-state index is -0.530. The molecule has 5 nitrogen and oxygen atoms in total.